The second-order valence-electron chi connectivity index (χ2n) is 3.03. The first-order valence-corrected chi connectivity index (χ1v) is 4.82. The van der Waals surface area contributed by atoms with E-state index in [2.05, 4.69) is 20.8 Å². The highest BCUT2D eigenvalue weighted by molar-refractivity contribution is 7.22. The highest BCUT2D eigenvalue weighted by atomic mass is 31.0. The lowest BCUT2D eigenvalue weighted by atomic mass is 10.5. The van der Waals surface area contributed by atoms with Crippen LogP contribution in [0, 0.1) is 0 Å². The monoisotopic (exact) mass is 183 g/mol. The molecule has 1 nitrogen and oxygen atoms in total. The lowest BCUT2D eigenvalue weighted by Crippen LogP contribution is -1.74. The van der Waals surface area contributed by atoms with Gasteiger partial charge >= 0.3 is 0 Å². The zero-order valence-corrected chi connectivity index (χ0v) is 9.16. The second-order valence-corrected chi connectivity index (χ2v) is 3.77. The van der Waals surface area contributed by atoms with Crippen molar-refractivity contribution in [1.82, 2.24) is 0 Å². The molecule has 0 saturated heterocycles. The maximum absolute atomic E-state index is 4.03. The van der Waals surface area contributed by atoms with Gasteiger partial charge in [0.05, 0.1) is 0 Å². The Hall–Kier alpha value is -0.420. The number of hydrogen-bond acceptors (Lipinski definition) is 1. The maximum atomic E-state index is 4.03. The first-order valence-electron chi connectivity index (χ1n) is 4.25. The van der Waals surface area contributed by atoms with Crippen LogP contribution >= 0.6 is 9.24 Å². The predicted molar refractivity (Wildman–Crippen MR) is 60.6 cm³/mol. The molecule has 0 N–H and O–H groups in total. The van der Waals surface area contributed by atoms with Crippen LogP contribution in [0.5, 0.6) is 0 Å². The van der Waals surface area contributed by atoms with Gasteiger partial charge in [-0.1, -0.05) is 25.8 Å². The van der Waals surface area contributed by atoms with Crippen LogP contribution in [0.15, 0.2) is 29.2 Å². The minimum absolute atomic E-state index is 0.944. The van der Waals surface area contributed by atoms with Gasteiger partial charge in [0.2, 0.25) is 0 Å². The van der Waals surface area contributed by atoms with Gasteiger partial charge in [-0.15, -0.1) is 9.24 Å². The fourth-order valence-electron chi connectivity index (χ4n) is 0.282. The molecule has 1 aliphatic rings. The summed E-state index contributed by atoms with van der Waals surface area (Å²) < 4.78 is 0. The predicted octanol–water partition coefficient (Wildman–Crippen LogP) is 3.54. The molecule has 1 unspecified atom stereocenters. The Bertz CT molecular complexity index is 183. The highest BCUT2D eigenvalue weighted by Crippen LogP contribution is 2.14. The summed E-state index contributed by atoms with van der Waals surface area (Å²) in [6.07, 6.45) is 8.09. The molecular formula is C10H18NP. The van der Waals surface area contributed by atoms with Crippen molar-refractivity contribution < 1.29 is 0 Å². The van der Waals surface area contributed by atoms with E-state index >= 15 is 0 Å². The number of allylic oxidation sites excluding steroid dienone is 2. The van der Waals surface area contributed by atoms with E-state index in [-0.39, 0.29) is 0 Å². The van der Waals surface area contributed by atoms with Crippen LogP contribution in [0.3, 0.4) is 0 Å². The van der Waals surface area contributed by atoms with E-state index in [0.29, 0.717) is 0 Å². The van der Waals surface area contributed by atoms with Crippen LogP contribution in [0.2, 0.25) is 0 Å². The Morgan fingerprint density at radius 2 is 1.83 bits per heavy atom. The molecule has 0 amide bonds. The number of rotatable bonds is 2. The normalized spacial score (nSPS) is 13.2. The van der Waals surface area contributed by atoms with Crippen LogP contribution < -0.4 is 0 Å². The largest absolute Gasteiger partial charge is 0.266 e. The Kier molecular flexibility index (Phi) is 6.99. The number of nitrogens with zero attached hydrogens (tertiary/aromatic N) is 1. The molecular weight excluding hydrogens is 165 g/mol. The summed E-state index contributed by atoms with van der Waals surface area (Å²) in [4.78, 5) is 4.03. The second kappa shape index (κ2) is 7.24. The fourth-order valence-corrected chi connectivity index (χ4v) is 0.368. The van der Waals surface area contributed by atoms with Gasteiger partial charge in [-0.25, -0.2) is 0 Å². The standard InChI is InChI=1S/C7H12NP.C3H6/c1-6(2)8-5-4-7(3)9;1-2-3-1/h4-5H,3,9H2,1-2H3;1-3H2/b5-4-;. The first kappa shape index (κ1) is 11.6. The van der Waals surface area contributed by atoms with Gasteiger partial charge in [0.15, 0.2) is 0 Å². The van der Waals surface area contributed by atoms with E-state index in [1.165, 1.54) is 19.3 Å². The summed E-state index contributed by atoms with van der Waals surface area (Å²) in [6.45, 7) is 7.57. The highest BCUT2D eigenvalue weighted by Gasteiger charge is 1.95. The topological polar surface area (TPSA) is 12.4 Å². The van der Waals surface area contributed by atoms with Crippen molar-refractivity contribution in [3.63, 3.8) is 0 Å². The molecule has 1 atom stereocenters. The molecule has 68 valence electrons. The molecule has 0 bridgehead atoms. The third-order valence-corrected chi connectivity index (χ3v) is 1.17. The SMILES string of the molecule is C1CC1.C=C(P)/C=C\N=C(C)C. The zero-order chi connectivity index (χ0) is 9.40. The minimum atomic E-state index is 0.944. The van der Waals surface area contributed by atoms with Crippen molar-refractivity contribution >= 4 is 15.0 Å². The van der Waals surface area contributed by atoms with E-state index in [0.717, 1.165) is 11.0 Å². The van der Waals surface area contributed by atoms with E-state index < -0.39 is 0 Å². The van der Waals surface area contributed by atoms with Crippen LogP contribution in [0.4, 0.5) is 0 Å². The van der Waals surface area contributed by atoms with Gasteiger partial charge < -0.3 is 0 Å². The Morgan fingerprint density at radius 3 is 2.08 bits per heavy atom. The van der Waals surface area contributed by atoms with Crippen molar-refractivity contribution in [2.75, 3.05) is 0 Å². The fraction of sp³-hybridized carbons (Fsp3) is 0.500. The zero-order valence-electron chi connectivity index (χ0n) is 8.01. The van der Waals surface area contributed by atoms with E-state index in [1.807, 2.05) is 19.9 Å². The molecule has 0 aromatic heterocycles. The Labute approximate surface area is 77.9 Å². The molecule has 1 aliphatic carbocycles. The summed E-state index contributed by atoms with van der Waals surface area (Å²) >= 11 is 0. The van der Waals surface area contributed by atoms with E-state index in [1.54, 1.807) is 6.20 Å². The van der Waals surface area contributed by atoms with Gasteiger partial charge in [0, 0.05) is 11.9 Å². The lowest BCUT2D eigenvalue weighted by Gasteiger charge is -1.83. The van der Waals surface area contributed by atoms with Crippen molar-refractivity contribution in [1.29, 1.82) is 0 Å². The molecule has 1 saturated carbocycles. The lowest BCUT2D eigenvalue weighted by molar-refractivity contribution is 1.50. The molecule has 1 rings (SSSR count). The third kappa shape index (κ3) is 16.3. The smallest absolute Gasteiger partial charge is 0.0272 e. The van der Waals surface area contributed by atoms with Crippen LogP contribution in [-0.4, -0.2) is 5.71 Å². The number of hydrogen-bond donors (Lipinski definition) is 0. The molecule has 0 aromatic carbocycles. The first-order chi connectivity index (χ1) is 5.63. The minimum Gasteiger partial charge on any atom is -0.266 e. The van der Waals surface area contributed by atoms with Crippen molar-refractivity contribution in [3.05, 3.63) is 24.2 Å². The summed E-state index contributed by atoms with van der Waals surface area (Å²) in [6, 6.07) is 0. The van der Waals surface area contributed by atoms with Crippen LogP contribution in [0.1, 0.15) is 33.1 Å². The summed E-state index contributed by atoms with van der Waals surface area (Å²) in [5, 5.41) is 0.944. The van der Waals surface area contributed by atoms with E-state index in [4.69, 9.17) is 0 Å². The van der Waals surface area contributed by atoms with Gasteiger partial charge in [0.1, 0.15) is 0 Å². The third-order valence-electron chi connectivity index (χ3n) is 0.975. The number of aliphatic imine (C=N–C) groups is 1. The average molecular weight is 183 g/mol. The van der Waals surface area contributed by atoms with Crippen molar-refractivity contribution in [3.8, 4) is 0 Å². The van der Waals surface area contributed by atoms with Gasteiger partial charge in [-0.3, -0.25) is 4.99 Å². The molecule has 0 spiro atoms. The summed E-state index contributed by atoms with van der Waals surface area (Å²) in [5.41, 5.74) is 1.05. The Morgan fingerprint density at radius 1 is 1.33 bits per heavy atom. The average Bonchev–Trinajstić information content (AvgIpc) is 2.68. The summed E-state index contributed by atoms with van der Waals surface area (Å²) in [7, 11) is 2.49. The van der Waals surface area contributed by atoms with Gasteiger partial charge in [-0.05, 0) is 25.2 Å². The molecule has 0 heterocycles. The quantitative estimate of drug-likeness (QED) is 0.353. The molecule has 1 fully saturated rings. The van der Waals surface area contributed by atoms with Crippen molar-refractivity contribution in [2.24, 2.45) is 4.99 Å². The van der Waals surface area contributed by atoms with Crippen LogP contribution in [0.25, 0.3) is 0 Å². The summed E-state index contributed by atoms with van der Waals surface area (Å²) in [5.74, 6) is 0. The molecule has 0 aromatic rings. The van der Waals surface area contributed by atoms with Gasteiger partial charge in [0.25, 0.3) is 0 Å². The van der Waals surface area contributed by atoms with E-state index in [9.17, 15) is 0 Å². The van der Waals surface area contributed by atoms with Crippen molar-refractivity contribution in [2.45, 2.75) is 33.1 Å². The van der Waals surface area contributed by atoms with Gasteiger partial charge in [-0.2, -0.15) is 0 Å². The Balaban J connectivity index is 0.000000330. The molecule has 0 radical (unpaired) electrons. The van der Waals surface area contributed by atoms with Crippen LogP contribution in [-0.2, 0) is 0 Å². The molecule has 2 heteroatoms. The maximum Gasteiger partial charge on any atom is 0.0272 e. The molecule has 12 heavy (non-hydrogen) atoms. The molecule has 0 aliphatic heterocycles.